The summed E-state index contributed by atoms with van der Waals surface area (Å²) in [4.78, 5) is 12.1. The first-order chi connectivity index (χ1) is 8.98. The van der Waals surface area contributed by atoms with E-state index in [0.29, 0.717) is 16.6 Å². The minimum absolute atomic E-state index is 0.0511. The predicted octanol–water partition coefficient (Wildman–Crippen LogP) is 4.24. The van der Waals surface area contributed by atoms with Gasteiger partial charge in [-0.1, -0.05) is 13.8 Å². The fourth-order valence-corrected chi connectivity index (χ4v) is 3.09. The molecule has 0 saturated heterocycles. The molecule has 0 spiro atoms. The summed E-state index contributed by atoms with van der Waals surface area (Å²) in [6, 6.07) is 4.12. The third kappa shape index (κ3) is 4.21. The quantitative estimate of drug-likeness (QED) is 0.833. The first kappa shape index (κ1) is 16.5. The molecule has 0 radical (unpaired) electrons. The monoisotopic (exact) mass is 347 g/mol. The standard InChI is InChI=1S/C14H19BrFNOS/c1-4-14(5-2,19-3)9-17-13(18)11-8-10(16)6-7-12(11)15/h6-8H,4-5,9H2,1-3H3,(H,17,18). The van der Waals surface area contributed by atoms with Crippen LogP contribution in [0.25, 0.3) is 0 Å². The van der Waals surface area contributed by atoms with E-state index in [-0.39, 0.29) is 10.7 Å². The molecule has 1 rings (SSSR count). The smallest absolute Gasteiger partial charge is 0.252 e. The van der Waals surface area contributed by atoms with Crippen molar-refractivity contribution in [3.8, 4) is 0 Å². The summed E-state index contributed by atoms with van der Waals surface area (Å²) in [6.45, 7) is 4.82. The molecule has 0 saturated carbocycles. The van der Waals surface area contributed by atoms with Crippen molar-refractivity contribution in [2.45, 2.75) is 31.4 Å². The highest BCUT2D eigenvalue weighted by Crippen LogP contribution is 2.29. The second-order valence-corrected chi connectivity index (χ2v) is 6.53. The number of hydrogen-bond acceptors (Lipinski definition) is 2. The lowest BCUT2D eigenvalue weighted by atomic mass is 10.0. The molecule has 0 heterocycles. The lowest BCUT2D eigenvalue weighted by Gasteiger charge is -2.29. The van der Waals surface area contributed by atoms with Gasteiger partial charge in [-0.3, -0.25) is 4.79 Å². The number of carbonyl (C=O) groups is 1. The highest BCUT2D eigenvalue weighted by molar-refractivity contribution is 9.10. The zero-order chi connectivity index (χ0) is 14.5. The molecule has 0 aliphatic carbocycles. The van der Waals surface area contributed by atoms with E-state index in [1.54, 1.807) is 17.8 Å². The maximum atomic E-state index is 13.2. The number of benzene rings is 1. The van der Waals surface area contributed by atoms with Crippen LogP contribution in [-0.4, -0.2) is 23.5 Å². The molecule has 1 aromatic rings. The van der Waals surface area contributed by atoms with Crippen molar-refractivity contribution < 1.29 is 9.18 Å². The fourth-order valence-electron chi connectivity index (χ4n) is 1.87. The van der Waals surface area contributed by atoms with Crippen LogP contribution in [0.15, 0.2) is 22.7 Å². The highest BCUT2D eigenvalue weighted by atomic mass is 79.9. The van der Waals surface area contributed by atoms with E-state index in [0.717, 1.165) is 12.8 Å². The van der Waals surface area contributed by atoms with E-state index in [9.17, 15) is 9.18 Å². The van der Waals surface area contributed by atoms with Crippen LogP contribution in [0.5, 0.6) is 0 Å². The van der Waals surface area contributed by atoms with E-state index in [1.807, 2.05) is 0 Å². The Morgan fingerprint density at radius 2 is 2.05 bits per heavy atom. The first-order valence-electron chi connectivity index (χ1n) is 6.26. The summed E-state index contributed by atoms with van der Waals surface area (Å²) in [7, 11) is 0. The van der Waals surface area contributed by atoms with E-state index in [4.69, 9.17) is 0 Å². The van der Waals surface area contributed by atoms with Crippen molar-refractivity contribution >= 4 is 33.6 Å². The minimum Gasteiger partial charge on any atom is -0.351 e. The van der Waals surface area contributed by atoms with Crippen molar-refractivity contribution in [3.05, 3.63) is 34.1 Å². The van der Waals surface area contributed by atoms with Crippen molar-refractivity contribution in [1.82, 2.24) is 5.32 Å². The normalized spacial score (nSPS) is 11.4. The molecule has 0 atom stereocenters. The zero-order valence-corrected chi connectivity index (χ0v) is 13.8. The van der Waals surface area contributed by atoms with Gasteiger partial charge in [-0.25, -0.2) is 4.39 Å². The Bertz CT molecular complexity index is 441. The van der Waals surface area contributed by atoms with Gasteiger partial charge in [0.1, 0.15) is 5.82 Å². The van der Waals surface area contributed by atoms with E-state index in [2.05, 4.69) is 41.3 Å². The molecule has 0 unspecified atom stereocenters. The van der Waals surface area contributed by atoms with Gasteiger partial charge in [0.25, 0.3) is 5.91 Å². The van der Waals surface area contributed by atoms with E-state index < -0.39 is 5.82 Å². The number of nitrogens with one attached hydrogen (secondary N) is 1. The Morgan fingerprint density at radius 3 is 2.58 bits per heavy atom. The lowest BCUT2D eigenvalue weighted by molar-refractivity contribution is 0.0947. The molecule has 0 aliphatic rings. The molecule has 1 amide bonds. The molecular weight excluding hydrogens is 329 g/mol. The van der Waals surface area contributed by atoms with E-state index >= 15 is 0 Å². The SMILES string of the molecule is CCC(CC)(CNC(=O)c1cc(F)ccc1Br)SC. The summed E-state index contributed by atoms with van der Waals surface area (Å²) in [5.74, 6) is -0.651. The molecule has 106 valence electrons. The van der Waals surface area contributed by atoms with Gasteiger partial charge in [-0.15, -0.1) is 0 Å². The minimum atomic E-state index is -0.407. The third-order valence-electron chi connectivity index (χ3n) is 3.47. The molecule has 1 aromatic carbocycles. The maximum absolute atomic E-state index is 13.2. The van der Waals surface area contributed by atoms with Crippen LogP contribution in [0.2, 0.25) is 0 Å². The van der Waals surface area contributed by atoms with Gasteiger partial charge in [0.2, 0.25) is 0 Å². The van der Waals surface area contributed by atoms with Gasteiger partial charge >= 0.3 is 0 Å². The molecule has 0 bridgehead atoms. The third-order valence-corrected chi connectivity index (χ3v) is 5.75. The second kappa shape index (κ2) is 7.29. The molecule has 2 nitrogen and oxygen atoms in total. The van der Waals surface area contributed by atoms with Crippen molar-refractivity contribution in [1.29, 1.82) is 0 Å². The number of rotatable bonds is 6. The average Bonchev–Trinajstić information content (AvgIpc) is 2.43. The van der Waals surface area contributed by atoms with Gasteiger partial charge < -0.3 is 5.32 Å². The Kier molecular flexibility index (Phi) is 6.33. The summed E-state index contributed by atoms with van der Waals surface area (Å²) >= 11 is 5.03. The van der Waals surface area contributed by atoms with E-state index in [1.165, 1.54) is 12.1 Å². The van der Waals surface area contributed by atoms with Gasteiger partial charge in [-0.2, -0.15) is 11.8 Å². The van der Waals surface area contributed by atoms with Crippen molar-refractivity contribution in [3.63, 3.8) is 0 Å². The van der Waals surface area contributed by atoms with Crippen LogP contribution in [-0.2, 0) is 0 Å². The van der Waals surface area contributed by atoms with Gasteiger partial charge in [0.15, 0.2) is 0 Å². The van der Waals surface area contributed by atoms with Crippen LogP contribution in [0, 0.1) is 5.82 Å². The number of thioether (sulfide) groups is 1. The Balaban J connectivity index is 2.77. The van der Waals surface area contributed by atoms with Gasteiger partial charge in [-0.05, 0) is 53.2 Å². The number of carbonyl (C=O) groups excluding carboxylic acids is 1. The topological polar surface area (TPSA) is 29.1 Å². The van der Waals surface area contributed by atoms with Crippen LogP contribution in [0.3, 0.4) is 0 Å². The molecule has 0 fully saturated rings. The van der Waals surface area contributed by atoms with Gasteiger partial charge in [0.05, 0.1) is 5.56 Å². The van der Waals surface area contributed by atoms with Crippen LogP contribution in [0.1, 0.15) is 37.0 Å². The average molecular weight is 348 g/mol. The lowest BCUT2D eigenvalue weighted by Crippen LogP contribution is -2.39. The largest absolute Gasteiger partial charge is 0.351 e. The molecule has 0 aromatic heterocycles. The van der Waals surface area contributed by atoms with Crippen LogP contribution in [0.4, 0.5) is 4.39 Å². The van der Waals surface area contributed by atoms with Crippen molar-refractivity contribution in [2.75, 3.05) is 12.8 Å². The second-order valence-electron chi connectivity index (χ2n) is 4.40. The molecule has 19 heavy (non-hydrogen) atoms. The fraction of sp³-hybridized carbons (Fsp3) is 0.500. The summed E-state index contributed by atoms with van der Waals surface area (Å²) in [6.07, 6.45) is 4.02. The maximum Gasteiger partial charge on any atom is 0.252 e. The zero-order valence-electron chi connectivity index (χ0n) is 11.4. The predicted molar refractivity (Wildman–Crippen MR) is 83.3 cm³/mol. The van der Waals surface area contributed by atoms with Crippen LogP contribution < -0.4 is 5.32 Å². The van der Waals surface area contributed by atoms with Crippen molar-refractivity contribution in [2.24, 2.45) is 0 Å². The summed E-state index contributed by atoms with van der Waals surface area (Å²) in [5.41, 5.74) is 0.335. The highest BCUT2D eigenvalue weighted by Gasteiger charge is 2.25. The summed E-state index contributed by atoms with van der Waals surface area (Å²) < 4.78 is 13.8. The molecule has 0 aliphatic heterocycles. The Morgan fingerprint density at radius 1 is 1.42 bits per heavy atom. The summed E-state index contributed by atoms with van der Waals surface area (Å²) in [5, 5.41) is 2.90. The van der Waals surface area contributed by atoms with Gasteiger partial charge in [0, 0.05) is 15.8 Å². The molecule has 5 heteroatoms. The number of amides is 1. The first-order valence-corrected chi connectivity index (χ1v) is 8.28. The number of halogens is 2. The Labute approximate surface area is 126 Å². The molecular formula is C14H19BrFNOS. The molecule has 1 N–H and O–H groups in total. The van der Waals surface area contributed by atoms with Crippen LogP contribution >= 0.6 is 27.7 Å². The Hall–Kier alpha value is -0.550. The number of hydrogen-bond donors (Lipinski definition) is 1.